The minimum Gasteiger partial charge on any atom is -0.370 e. The molecule has 1 heterocycles. The molecular weight excluding hydrogens is 116 g/mol. The quantitative estimate of drug-likeness (QED) is 0.554. The zero-order valence-electron chi connectivity index (χ0n) is 5.89. The molecular formula is C7H12O2. The Kier molecular flexibility index (Phi) is 1.86. The molecule has 1 atom stereocenters. The van der Waals surface area contributed by atoms with E-state index in [0.29, 0.717) is 0 Å². The predicted molar refractivity (Wildman–Crippen MR) is 34.2 cm³/mol. The van der Waals surface area contributed by atoms with E-state index in [-0.39, 0.29) is 17.8 Å². The third-order valence-corrected chi connectivity index (χ3v) is 1.59. The molecule has 1 fully saturated rings. The molecule has 0 aromatic rings. The van der Waals surface area contributed by atoms with Crippen LogP contribution in [0.5, 0.6) is 0 Å². The van der Waals surface area contributed by atoms with E-state index in [0.717, 1.165) is 13.0 Å². The Morgan fingerprint density at radius 3 is 2.33 bits per heavy atom. The van der Waals surface area contributed by atoms with Crippen molar-refractivity contribution in [2.45, 2.75) is 26.4 Å². The van der Waals surface area contributed by atoms with Crippen molar-refractivity contribution in [2.24, 2.45) is 5.92 Å². The maximum atomic E-state index is 11.0. The highest BCUT2D eigenvalue weighted by atomic mass is 16.5. The molecule has 0 spiro atoms. The summed E-state index contributed by atoms with van der Waals surface area (Å²) in [5, 5.41) is 0. The maximum Gasteiger partial charge on any atom is 0.164 e. The first-order chi connectivity index (χ1) is 4.22. The van der Waals surface area contributed by atoms with Crippen LogP contribution < -0.4 is 0 Å². The number of hydrogen-bond donors (Lipinski definition) is 0. The molecule has 2 nitrogen and oxygen atoms in total. The monoisotopic (exact) mass is 128 g/mol. The van der Waals surface area contributed by atoms with E-state index in [9.17, 15) is 4.79 Å². The van der Waals surface area contributed by atoms with E-state index >= 15 is 0 Å². The molecule has 0 aromatic carbocycles. The van der Waals surface area contributed by atoms with Gasteiger partial charge in [0.15, 0.2) is 5.78 Å². The van der Waals surface area contributed by atoms with Gasteiger partial charge in [-0.05, 0) is 0 Å². The van der Waals surface area contributed by atoms with Crippen LogP contribution in [0, 0.1) is 5.92 Å². The molecule has 0 bridgehead atoms. The van der Waals surface area contributed by atoms with Gasteiger partial charge < -0.3 is 4.74 Å². The summed E-state index contributed by atoms with van der Waals surface area (Å²) in [4.78, 5) is 11.0. The van der Waals surface area contributed by atoms with Crippen LogP contribution in [0.15, 0.2) is 0 Å². The van der Waals surface area contributed by atoms with Gasteiger partial charge in [-0.1, -0.05) is 13.8 Å². The van der Waals surface area contributed by atoms with Crippen molar-refractivity contribution in [3.63, 3.8) is 0 Å². The maximum absolute atomic E-state index is 11.0. The Hall–Kier alpha value is -0.370. The third-order valence-electron chi connectivity index (χ3n) is 1.59. The fraction of sp³-hybridized carbons (Fsp3) is 0.857. The molecule has 2 heteroatoms. The van der Waals surface area contributed by atoms with Gasteiger partial charge in [-0.2, -0.15) is 0 Å². The number of Topliss-reactive ketones (excluding diaryl/α,β-unsaturated/α-hetero) is 1. The van der Waals surface area contributed by atoms with Crippen LogP contribution in [-0.2, 0) is 9.53 Å². The second kappa shape index (κ2) is 2.48. The smallest absolute Gasteiger partial charge is 0.164 e. The van der Waals surface area contributed by atoms with Crippen LogP contribution in [-0.4, -0.2) is 18.5 Å². The van der Waals surface area contributed by atoms with Gasteiger partial charge in [0.2, 0.25) is 0 Å². The van der Waals surface area contributed by atoms with E-state index < -0.39 is 0 Å². The summed E-state index contributed by atoms with van der Waals surface area (Å²) in [5.41, 5.74) is 0. The molecule has 1 saturated heterocycles. The zero-order chi connectivity index (χ0) is 6.85. The fourth-order valence-corrected chi connectivity index (χ4v) is 0.832. The lowest BCUT2D eigenvalue weighted by molar-refractivity contribution is -0.145. The molecule has 1 aliphatic heterocycles. The van der Waals surface area contributed by atoms with Gasteiger partial charge in [-0.15, -0.1) is 0 Å². The van der Waals surface area contributed by atoms with E-state index in [2.05, 4.69) is 0 Å². The molecule has 0 aromatic heterocycles. The molecule has 1 rings (SSSR count). The molecule has 0 amide bonds. The lowest BCUT2D eigenvalue weighted by Crippen LogP contribution is -2.37. The van der Waals surface area contributed by atoms with Gasteiger partial charge in [-0.25, -0.2) is 0 Å². The van der Waals surface area contributed by atoms with Gasteiger partial charge >= 0.3 is 0 Å². The minimum atomic E-state index is -0.0648. The van der Waals surface area contributed by atoms with Crippen LogP contribution >= 0.6 is 0 Å². The highest BCUT2D eigenvalue weighted by Crippen LogP contribution is 2.15. The largest absolute Gasteiger partial charge is 0.370 e. The predicted octanol–water partition coefficient (Wildman–Crippen LogP) is 1.00. The average Bonchev–Trinajstić information content (AvgIpc) is 1.60. The van der Waals surface area contributed by atoms with Crippen LogP contribution in [0.1, 0.15) is 20.3 Å². The SMILES string of the molecule is CC(C)C(=O)C1CCO1. The summed E-state index contributed by atoms with van der Waals surface area (Å²) in [7, 11) is 0. The van der Waals surface area contributed by atoms with E-state index in [4.69, 9.17) is 4.74 Å². The molecule has 52 valence electrons. The average molecular weight is 128 g/mol. The first kappa shape index (κ1) is 6.75. The Morgan fingerprint density at radius 2 is 2.22 bits per heavy atom. The molecule has 0 saturated carbocycles. The van der Waals surface area contributed by atoms with Crippen molar-refractivity contribution in [3.8, 4) is 0 Å². The summed E-state index contributed by atoms with van der Waals surface area (Å²) in [6.07, 6.45) is 0.863. The van der Waals surface area contributed by atoms with Crippen molar-refractivity contribution < 1.29 is 9.53 Å². The van der Waals surface area contributed by atoms with Crippen LogP contribution in [0.25, 0.3) is 0 Å². The first-order valence-electron chi connectivity index (χ1n) is 3.37. The number of carbonyl (C=O) groups excluding carboxylic acids is 1. The number of hydrogen-bond acceptors (Lipinski definition) is 2. The minimum absolute atomic E-state index is 0.0648. The summed E-state index contributed by atoms with van der Waals surface area (Å²) in [6.45, 7) is 4.58. The summed E-state index contributed by atoms with van der Waals surface area (Å²) < 4.78 is 5.00. The van der Waals surface area contributed by atoms with E-state index in [1.165, 1.54) is 0 Å². The topological polar surface area (TPSA) is 26.3 Å². The lowest BCUT2D eigenvalue weighted by Gasteiger charge is -2.26. The zero-order valence-corrected chi connectivity index (χ0v) is 5.89. The third kappa shape index (κ3) is 1.30. The Morgan fingerprint density at radius 1 is 1.67 bits per heavy atom. The van der Waals surface area contributed by atoms with Crippen molar-refractivity contribution in [3.05, 3.63) is 0 Å². The molecule has 0 N–H and O–H groups in total. The number of rotatable bonds is 2. The van der Waals surface area contributed by atoms with Gasteiger partial charge in [0.05, 0.1) is 6.61 Å². The number of carbonyl (C=O) groups is 1. The van der Waals surface area contributed by atoms with Gasteiger partial charge in [0.1, 0.15) is 6.10 Å². The van der Waals surface area contributed by atoms with E-state index in [1.807, 2.05) is 13.8 Å². The Labute approximate surface area is 55.2 Å². The Bertz CT molecular complexity index is 114. The molecule has 9 heavy (non-hydrogen) atoms. The van der Waals surface area contributed by atoms with E-state index in [1.54, 1.807) is 0 Å². The van der Waals surface area contributed by atoms with Crippen molar-refractivity contribution in [1.82, 2.24) is 0 Å². The summed E-state index contributed by atoms with van der Waals surface area (Å²) in [6, 6.07) is 0. The highest BCUT2D eigenvalue weighted by Gasteiger charge is 2.27. The molecule has 1 aliphatic rings. The van der Waals surface area contributed by atoms with Crippen molar-refractivity contribution >= 4 is 5.78 Å². The Balaban J connectivity index is 2.32. The highest BCUT2D eigenvalue weighted by molar-refractivity contribution is 5.85. The van der Waals surface area contributed by atoms with Gasteiger partial charge in [0.25, 0.3) is 0 Å². The van der Waals surface area contributed by atoms with Crippen LogP contribution in [0.3, 0.4) is 0 Å². The fourth-order valence-electron chi connectivity index (χ4n) is 0.832. The second-order valence-electron chi connectivity index (χ2n) is 2.71. The van der Waals surface area contributed by atoms with Crippen molar-refractivity contribution in [1.29, 1.82) is 0 Å². The van der Waals surface area contributed by atoms with Gasteiger partial charge in [-0.3, -0.25) is 4.79 Å². The standard InChI is InChI=1S/C7H12O2/c1-5(2)7(8)6-3-4-9-6/h5-6H,3-4H2,1-2H3. The molecule has 1 unspecified atom stereocenters. The lowest BCUT2D eigenvalue weighted by atomic mass is 9.99. The number of ketones is 1. The molecule has 0 radical (unpaired) electrons. The first-order valence-corrected chi connectivity index (χ1v) is 3.37. The second-order valence-corrected chi connectivity index (χ2v) is 2.71. The normalized spacial score (nSPS) is 25.9. The van der Waals surface area contributed by atoms with Crippen LogP contribution in [0.2, 0.25) is 0 Å². The summed E-state index contributed by atoms with van der Waals surface area (Å²) in [5.74, 6) is 0.386. The summed E-state index contributed by atoms with van der Waals surface area (Å²) >= 11 is 0. The molecule has 0 aliphatic carbocycles. The number of ether oxygens (including phenoxy) is 1. The van der Waals surface area contributed by atoms with Crippen LogP contribution in [0.4, 0.5) is 0 Å². The van der Waals surface area contributed by atoms with Crippen molar-refractivity contribution in [2.75, 3.05) is 6.61 Å². The van der Waals surface area contributed by atoms with Gasteiger partial charge in [0, 0.05) is 12.3 Å².